The molecule has 0 aromatic carbocycles. The van der Waals surface area contributed by atoms with Crippen LogP contribution in [-0.4, -0.2) is 17.8 Å². The van der Waals surface area contributed by atoms with Gasteiger partial charge in [-0.3, -0.25) is 0 Å². The first-order valence-electron chi connectivity index (χ1n) is 4.64. The van der Waals surface area contributed by atoms with Gasteiger partial charge in [0.05, 0.1) is 5.71 Å². The molecule has 0 heterocycles. The average Bonchev–Trinajstić information content (AvgIpc) is 2.49. The first-order chi connectivity index (χ1) is 7.00. The van der Waals surface area contributed by atoms with Gasteiger partial charge >= 0.3 is 12.1 Å². The number of primary amides is 2. The van der Waals surface area contributed by atoms with Crippen molar-refractivity contribution in [3.8, 4) is 0 Å². The van der Waals surface area contributed by atoms with Gasteiger partial charge in [-0.2, -0.15) is 4.99 Å². The van der Waals surface area contributed by atoms with E-state index in [9.17, 15) is 9.59 Å². The van der Waals surface area contributed by atoms with Crippen LogP contribution in [0.3, 0.4) is 0 Å². The Morgan fingerprint density at radius 2 is 2.00 bits per heavy atom. The number of carbonyl (C=O) groups is 2. The maximum absolute atomic E-state index is 10.6. The summed E-state index contributed by atoms with van der Waals surface area (Å²) in [4.78, 5) is 25.0. The van der Waals surface area contributed by atoms with Gasteiger partial charge in [-0.15, -0.1) is 0 Å². The second-order valence-corrected chi connectivity index (χ2v) is 3.34. The van der Waals surface area contributed by atoms with Crippen molar-refractivity contribution in [1.29, 1.82) is 0 Å². The van der Waals surface area contributed by atoms with Crippen LogP contribution in [0.15, 0.2) is 16.3 Å². The molecule has 82 valence electrons. The molecule has 6 heteroatoms. The highest BCUT2D eigenvalue weighted by atomic mass is 16.2. The minimum absolute atomic E-state index is 0.620. The summed E-state index contributed by atoms with van der Waals surface area (Å²) in [7, 11) is 0. The van der Waals surface area contributed by atoms with Crippen molar-refractivity contribution in [3.05, 3.63) is 11.3 Å². The molecule has 15 heavy (non-hydrogen) atoms. The lowest BCUT2D eigenvalue weighted by Gasteiger charge is -2.06. The van der Waals surface area contributed by atoms with Crippen molar-refractivity contribution in [2.45, 2.75) is 26.2 Å². The second-order valence-electron chi connectivity index (χ2n) is 3.34. The molecule has 1 aliphatic rings. The lowest BCUT2D eigenvalue weighted by atomic mass is 10.1. The molecule has 0 unspecified atom stereocenters. The minimum Gasteiger partial charge on any atom is -0.351 e. The van der Waals surface area contributed by atoms with E-state index >= 15 is 0 Å². The summed E-state index contributed by atoms with van der Waals surface area (Å²) in [6, 6.07) is -1.33. The molecule has 0 atom stereocenters. The monoisotopic (exact) mass is 210 g/mol. The van der Waals surface area contributed by atoms with Gasteiger partial charge in [0, 0.05) is 5.70 Å². The van der Waals surface area contributed by atoms with Crippen molar-refractivity contribution in [1.82, 2.24) is 5.32 Å². The number of hydrogen-bond acceptors (Lipinski definition) is 2. The second kappa shape index (κ2) is 4.59. The number of amides is 4. The smallest absolute Gasteiger partial charge is 0.338 e. The fraction of sp³-hybridized carbons (Fsp3) is 0.444. The average molecular weight is 210 g/mol. The van der Waals surface area contributed by atoms with Crippen LogP contribution >= 0.6 is 0 Å². The Morgan fingerprint density at radius 3 is 2.53 bits per heavy atom. The third kappa shape index (κ3) is 3.08. The lowest BCUT2D eigenvalue weighted by Crippen LogP contribution is -2.29. The number of carbonyl (C=O) groups excluding carboxylic acids is 2. The zero-order valence-corrected chi connectivity index (χ0v) is 8.54. The third-order valence-electron chi connectivity index (χ3n) is 2.20. The van der Waals surface area contributed by atoms with Crippen LogP contribution in [-0.2, 0) is 0 Å². The molecule has 1 aliphatic carbocycles. The molecule has 0 bridgehead atoms. The van der Waals surface area contributed by atoms with E-state index in [-0.39, 0.29) is 0 Å². The molecule has 1 fully saturated rings. The van der Waals surface area contributed by atoms with E-state index in [0.717, 1.165) is 18.4 Å². The number of allylic oxidation sites excluding steroid dienone is 2. The van der Waals surface area contributed by atoms with Crippen molar-refractivity contribution in [2.75, 3.05) is 0 Å². The summed E-state index contributed by atoms with van der Waals surface area (Å²) in [6.45, 7) is 1.72. The maximum Gasteiger partial charge on any atom is 0.338 e. The Labute approximate surface area is 87.4 Å². The standard InChI is InChI=1S/C9H14N4O2/c1-5(12-8(10)14)6-3-2-4-7(6)13-9(11)15/h2-4H2,1H3,(H2,11,15)(H3,10,12,14)/b6-5-,13-7+. The van der Waals surface area contributed by atoms with Crippen LogP contribution in [0.25, 0.3) is 0 Å². The number of nitrogens with zero attached hydrogens (tertiary/aromatic N) is 1. The normalized spacial score (nSPS) is 21.5. The molecule has 0 aliphatic heterocycles. The topological polar surface area (TPSA) is 111 Å². The summed E-state index contributed by atoms with van der Waals surface area (Å²) < 4.78 is 0. The summed E-state index contributed by atoms with van der Waals surface area (Å²) in [5.41, 5.74) is 12.1. The zero-order valence-electron chi connectivity index (χ0n) is 8.54. The van der Waals surface area contributed by atoms with Crippen LogP contribution in [0.5, 0.6) is 0 Å². The Morgan fingerprint density at radius 1 is 1.33 bits per heavy atom. The van der Waals surface area contributed by atoms with Gasteiger partial charge in [0.15, 0.2) is 0 Å². The lowest BCUT2D eigenvalue weighted by molar-refractivity contribution is 0.251. The number of aliphatic imine (C=N–C) groups is 1. The number of nitrogens with two attached hydrogens (primary N) is 2. The van der Waals surface area contributed by atoms with Crippen molar-refractivity contribution in [3.63, 3.8) is 0 Å². The van der Waals surface area contributed by atoms with E-state index in [1.165, 1.54) is 0 Å². The highest BCUT2D eigenvalue weighted by Gasteiger charge is 2.19. The molecule has 4 amide bonds. The molecular weight excluding hydrogens is 196 g/mol. The molecule has 6 nitrogen and oxygen atoms in total. The molecular formula is C9H14N4O2. The van der Waals surface area contributed by atoms with Gasteiger partial charge in [0.2, 0.25) is 0 Å². The SMILES string of the molecule is C/C(NC(N)=O)=C1\CCC\C1=N/C(N)=O. The summed E-state index contributed by atoms with van der Waals surface area (Å²) in [6.07, 6.45) is 2.38. The van der Waals surface area contributed by atoms with Crippen LogP contribution in [0.1, 0.15) is 26.2 Å². The molecule has 0 aromatic heterocycles. The van der Waals surface area contributed by atoms with Crippen molar-refractivity contribution < 1.29 is 9.59 Å². The van der Waals surface area contributed by atoms with Gasteiger partial charge in [0.25, 0.3) is 0 Å². The van der Waals surface area contributed by atoms with Gasteiger partial charge in [-0.25, -0.2) is 9.59 Å². The van der Waals surface area contributed by atoms with Gasteiger partial charge < -0.3 is 16.8 Å². The van der Waals surface area contributed by atoms with E-state index in [1.54, 1.807) is 6.92 Å². The van der Waals surface area contributed by atoms with E-state index < -0.39 is 12.1 Å². The molecule has 0 saturated heterocycles. The molecule has 0 radical (unpaired) electrons. The number of rotatable bonds is 1. The molecule has 0 spiro atoms. The first-order valence-corrected chi connectivity index (χ1v) is 4.64. The van der Waals surface area contributed by atoms with Crippen molar-refractivity contribution >= 4 is 17.8 Å². The van der Waals surface area contributed by atoms with Gasteiger partial charge in [-0.05, 0) is 31.8 Å². The Kier molecular flexibility index (Phi) is 3.43. The summed E-state index contributed by atoms with van der Waals surface area (Å²) in [5.74, 6) is 0. The number of urea groups is 2. The van der Waals surface area contributed by atoms with E-state index in [4.69, 9.17) is 11.5 Å². The van der Waals surface area contributed by atoms with Crippen LogP contribution < -0.4 is 16.8 Å². The quantitative estimate of drug-likeness (QED) is 0.589. The van der Waals surface area contributed by atoms with Gasteiger partial charge in [-0.1, -0.05) is 0 Å². The van der Waals surface area contributed by atoms with Crippen LogP contribution in [0, 0.1) is 0 Å². The predicted molar refractivity (Wildman–Crippen MR) is 56.3 cm³/mol. The third-order valence-corrected chi connectivity index (χ3v) is 2.20. The molecule has 0 aromatic rings. The van der Waals surface area contributed by atoms with E-state index in [1.807, 2.05) is 0 Å². The maximum atomic E-state index is 10.6. The Hall–Kier alpha value is -1.85. The number of hydrogen-bond donors (Lipinski definition) is 3. The Bertz CT molecular complexity index is 357. The van der Waals surface area contributed by atoms with Crippen LogP contribution in [0.2, 0.25) is 0 Å². The fourth-order valence-electron chi connectivity index (χ4n) is 1.65. The fourth-order valence-corrected chi connectivity index (χ4v) is 1.65. The first kappa shape index (κ1) is 11.2. The minimum atomic E-state index is -0.712. The largest absolute Gasteiger partial charge is 0.351 e. The highest BCUT2D eigenvalue weighted by Crippen LogP contribution is 2.24. The zero-order chi connectivity index (χ0) is 11.4. The number of nitrogens with one attached hydrogen (secondary N) is 1. The van der Waals surface area contributed by atoms with Gasteiger partial charge in [0.1, 0.15) is 0 Å². The van der Waals surface area contributed by atoms with Crippen molar-refractivity contribution in [2.24, 2.45) is 16.5 Å². The molecule has 5 N–H and O–H groups in total. The van der Waals surface area contributed by atoms with E-state index in [0.29, 0.717) is 17.8 Å². The van der Waals surface area contributed by atoms with Crippen LogP contribution in [0.4, 0.5) is 9.59 Å². The van der Waals surface area contributed by atoms with E-state index in [2.05, 4.69) is 10.3 Å². The summed E-state index contributed by atoms with van der Waals surface area (Å²) >= 11 is 0. The summed E-state index contributed by atoms with van der Waals surface area (Å²) in [5, 5.41) is 2.47. The predicted octanol–water partition coefficient (Wildman–Crippen LogP) is 0.632. The molecule has 1 saturated carbocycles. The Balaban J connectivity index is 2.93. The highest BCUT2D eigenvalue weighted by molar-refractivity contribution is 6.07. The molecule has 1 rings (SSSR count).